The maximum atomic E-state index is 5.73. The molecule has 1 aliphatic heterocycles. The molecule has 2 atom stereocenters. The molecule has 118 valence electrons. The van der Waals surface area contributed by atoms with Crippen molar-refractivity contribution in [2.45, 2.75) is 51.8 Å². The van der Waals surface area contributed by atoms with Crippen LogP contribution in [-0.4, -0.2) is 49.3 Å². The number of rotatable bonds is 6. The SMILES string of the molecule is CC(C)OCCN1CC(Cc2ccccc2)NCCC1C. The Balaban J connectivity index is 1.87. The molecule has 1 fully saturated rings. The highest BCUT2D eigenvalue weighted by Crippen LogP contribution is 2.12. The molecule has 0 amide bonds. The molecule has 1 aromatic carbocycles. The molecule has 0 aliphatic carbocycles. The lowest BCUT2D eigenvalue weighted by Crippen LogP contribution is -2.42. The Labute approximate surface area is 129 Å². The van der Waals surface area contributed by atoms with Gasteiger partial charge in [-0.1, -0.05) is 30.3 Å². The molecule has 0 saturated carbocycles. The molecule has 1 aromatic rings. The predicted octanol–water partition coefficient (Wildman–Crippen LogP) is 2.71. The minimum absolute atomic E-state index is 0.325. The molecule has 3 nitrogen and oxygen atoms in total. The molecule has 0 radical (unpaired) electrons. The Kier molecular flexibility index (Phi) is 6.68. The van der Waals surface area contributed by atoms with Gasteiger partial charge >= 0.3 is 0 Å². The Morgan fingerprint density at radius 2 is 2.05 bits per heavy atom. The summed E-state index contributed by atoms with van der Waals surface area (Å²) in [5.41, 5.74) is 1.42. The lowest BCUT2D eigenvalue weighted by Gasteiger charge is -2.29. The first kappa shape index (κ1) is 16.5. The molecule has 0 aromatic heterocycles. The van der Waals surface area contributed by atoms with Crippen molar-refractivity contribution in [2.24, 2.45) is 0 Å². The van der Waals surface area contributed by atoms with Gasteiger partial charge < -0.3 is 10.1 Å². The molecular formula is C18H30N2O. The van der Waals surface area contributed by atoms with Crippen molar-refractivity contribution in [1.29, 1.82) is 0 Å². The van der Waals surface area contributed by atoms with E-state index in [-0.39, 0.29) is 0 Å². The van der Waals surface area contributed by atoms with Crippen LogP contribution in [-0.2, 0) is 11.2 Å². The Morgan fingerprint density at radius 3 is 2.76 bits per heavy atom. The van der Waals surface area contributed by atoms with E-state index in [2.05, 4.69) is 61.3 Å². The van der Waals surface area contributed by atoms with Gasteiger partial charge in [0.25, 0.3) is 0 Å². The van der Waals surface area contributed by atoms with Gasteiger partial charge in [0.15, 0.2) is 0 Å². The molecular weight excluding hydrogens is 260 g/mol. The summed E-state index contributed by atoms with van der Waals surface area (Å²) in [6.07, 6.45) is 2.65. The Hall–Kier alpha value is -0.900. The summed E-state index contributed by atoms with van der Waals surface area (Å²) in [5, 5.41) is 3.71. The lowest BCUT2D eigenvalue weighted by molar-refractivity contribution is 0.0501. The molecule has 3 heteroatoms. The van der Waals surface area contributed by atoms with Gasteiger partial charge in [0.05, 0.1) is 12.7 Å². The molecule has 2 unspecified atom stereocenters. The third-order valence-corrected chi connectivity index (χ3v) is 4.23. The smallest absolute Gasteiger partial charge is 0.0597 e. The number of ether oxygens (including phenoxy) is 1. The van der Waals surface area contributed by atoms with Crippen LogP contribution >= 0.6 is 0 Å². The average Bonchev–Trinajstić information content (AvgIpc) is 2.62. The van der Waals surface area contributed by atoms with Crippen LogP contribution in [0.25, 0.3) is 0 Å². The third-order valence-electron chi connectivity index (χ3n) is 4.23. The van der Waals surface area contributed by atoms with E-state index in [1.54, 1.807) is 0 Å². The molecule has 1 saturated heterocycles. The zero-order valence-electron chi connectivity index (χ0n) is 13.7. The fourth-order valence-corrected chi connectivity index (χ4v) is 2.96. The van der Waals surface area contributed by atoms with Gasteiger partial charge in [-0.25, -0.2) is 0 Å². The minimum atomic E-state index is 0.325. The second-order valence-corrected chi connectivity index (χ2v) is 6.39. The summed E-state index contributed by atoms with van der Waals surface area (Å²) < 4.78 is 5.73. The minimum Gasteiger partial charge on any atom is -0.377 e. The van der Waals surface area contributed by atoms with E-state index in [0.29, 0.717) is 18.2 Å². The quantitative estimate of drug-likeness (QED) is 0.872. The van der Waals surface area contributed by atoms with E-state index in [0.717, 1.165) is 32.7 Å². The van der Waals surface area contributed by atoms with E-state index in [1.165, 1.54) is 12.0 Å². The highest BCUT2D eigenvalue weighted by Gasteiger charge is 2.22. The fourth-order valence-electron chi connectivity index (χ4n) is 2.96. The average molecular weight is 290 g/mol. The molecule has 2 rings (SSSR count). The number of nitrogens with one attached hydrogen (secondary N) is 1. The summed E-state index contributed by atoms with van der Waals surface area (Å²) in [5.74, 6) is 0. The highest BCUT2D eigenvalue weighted by molar-refractivity contribution is 5.16. The first-order valence-corrected chi connectivity index (χ1v) is 8.28. The van der Waals surface area contributed by atoms with Crippen LogP contribution in [0.15, 0.2) is 30.3 Å². The van der Waals surface area contributed by atoms with Crippen molar-refractivity contribution in [1.82, 2.24) is 10.2 Å². The molecule has 21 heavy (non-hydrogen) atoms. The van der Waals surface area contributed by atoms with E-state index in [4.69, 9.17) is 4.74 Å². The zero-order chi connectivity index (χ0) is 15.1. The number of hydrogen-bond acceptors (Lipinski definition) is 3. The van der Waals surface area contributed by atoms with Gasteiger partial charge in [0.2, 0.25) is 0 Å². The van der Waals surface area contributed by atoms with Crippen LogP contribution < -0.4 is 5.32 Å². The molecule has 1 heterocycles. The van der Waals surface area contributed by atoms with Gasteiger partial charge in [-0.3, -0.25) is 4.90 Å². The summed E-state index contributed by atoms with van der Waals surface area (Å²) >= 11 is 0. The second kappa shape index (κ2) is 8.52. The van der Waals surface area contributed by atoms with E-state index in [1.807, 2.05) is 0 Å². The van der Waals surface area contributed by atoms with Crippen molar-refractivity contribution >= 4 is 0 Å². The Morgan fingerprint density at radius 1 is 1.29 bits per heavy atom. The van der Waals surface area contributed by atoms with Crippen LogP contribution in [0.5, 0.6) is 0 Å². The topological polar surface area (TPSA) is 24.5 Å². The molecule has 0 spiro atoms. The van der Waals surface area contributed by atoms with Crippen molar-refractivity contribution in [3.63, 3.8) is 0 Å². The van der Waals surface area contributed by atoms with Crippen molar-refractivity contribution < 1.29 is 4.74 Å². The normalized spacial score (nSPS) is 24.2. The fraction of sp³-hybridized carbons (Fsp3) is 0.667. The standard InChI is InChI=1S/C18H30N2O/c1-15(2)21-12-11-20-14-18(19-10-9-16(20)3)13-17-7-5-4-6-8-17/h4-8,15-16,18-19H,9-14H2,1-3H3. The Bertz CT molecular complexity index is 393. The van der Waals surface area contributed by atoms with Crippen LogP contribution in [0.4, 0.5) is 0 Å². The van der Waals surface area contributed by atoms with Crippen molar-refractivity contribution in [2.75, 3.05) is 26.2 Å². The maximum Gasteiger partial charge on any atom is 0.0597 e. The molecule has 1 N–H and O–H groups in total. The van der Waals surface area contributed by atoms with Gasteiger partial charge in [0, 0.05) is 25.2 Å². The largest absolute Gasteiger partial charge is 0.377 e. The van der Waals surface area contributed by atoms with E-state index in [9.17, 15) is 0 Å². The van der Waals surface area contributed by atoms with Gasteiger partial charge in [-0.15, -0.1) is 0 Å². The monoisotopic (exact) mass is 290 g/mol. The van der Waals surface area contributed by atoms with E-state index < -0.39 is 0 Å². The summed E-state index contributed by atoms with van der Waals surface area (Å²) in [6, 6.07) is 12.0. The predicted molar refractivity (Wildman–Crippen MR) is 88.7 cm³/mol. The van der Waals surface area contributed by atoms with Gasteiger partial charge in [0.1, 0.15) is 0 Å². The van der Waals surface area contributed by atoms with Crippen molar-refractivity contribution in [3.8, 4) is 0 Å². The van der Waals surface area contributed by atoms with Gasteiger partial charge in [-0.05, 0) is 45.7 Å². The number of hydrogen-bond donors (Lipinski definition) is 1. The number of benzene rings is 1. The van der Waals surface area contributed by atoms with Crippen LogP contribution in [0.1, 0.15) is 32.8 Å². The first-order valence-electron chi connectivity index (χ1n) is 8.28. The van der Waals surface area contributed by atoms with Crippen LogP contribution in [0.3, 0.4) is 0 Å². The summed E-state index contributed by atoms with van der Waals surface area (Å²) in [4.78, 5) is 2.58. The summed E-state index contributed by atoms with van der Waals surface area (Å²) in [7, 11) is 0. The summed E-state index contributed by atoms with van der Waals surface area (Å²) in [6.45, 7) is 10.6. The second-order valence-electron chi connectivity index (χ2n) is 6.39. The van der Waals surface area contributed by atoms with Gasteiger partial charge in [-0.2, -0.15) is 0 Å². The first-order chi connectivity index (χ1) is 10.1. The highest BCUT2D eigenvalue weighted by atomic mass is 16.5. The zero-order valence-corrected chi connectivity index (χ0v) is 13.7. The van der Waals surface area contributed by atoms with Crippen LogP contribution in [0, 0.1) is 0 Å². The lowest BCUT2D eigenvalue weighted by atomic mass is 10.1. The molecule has 0 bridgehead atoms. The van der Waals surface area contributed by atoms with Crippen molar-refractivity contribution in [3.05, 3.63) is 35.9 Å². The van der Waals surface area contributed by atoms with Crippen LogP contribution in [0.2, 0.25) is 0 Å². The number of nitrogens with zero attached hydrogens (tertiary/aromatic N) is 1. The van der Waals surface area contributed by atoms with E-state index >= 15 is 0 Å². The third kappa shape index (κ3) is 5.77. The maximum absolute atomic E-state index is 5.73. The molecule has 1 aliphatic rings.